The lowest BCUT2D eigenvalue weighted by molar-refractivity contribution is 0.151. The third-order valence-corrected chi connectivity index (χ3v) is 2.93. The maximum atomic E-state index is 5.47. The molecule has 0 unspecified atom stereocenters. The largest absolute Gasteiger partial charge is 0.330 e. The van der Waals surface area contributed by atoms with Crippen LogP contribution in [0.25, 0.3) is 0 Å². The highest BCUT2D eigenvalue weighted by Crippen LogP contribution is 2.14. The summed E-state index contributed by atoms with van der Waals surface area (Å²) in [5, 5.41) is 0. The monoisotopic (exact) mass is 226 g/mol. The second-order valence-electron chi connectivity index (χ2n) is 5.46. The predicted molar refractivity (Wildman–Crippen MR) is 73.7 cm³/mol. The van der Waals surface area contributed by atoms with Crippen molar-refractivity contribution in [2.24, 2.45) is 5.73 Å². The molecule has 0 rings (SSSR count). The van der Waals surface area contributed by atoms with Gasteiger partial charge >= 0.3 is 0 Å². The summed E-state index contributed by atoms with van der Waals surface area (Å²) in [6, 6.07) is 0. The summed E-state index contributed by atoms with van der Waals surface area (Å²) in [4.78, 5) is 2.49. The van der Waals surface area contributed by atoms with Crippen LogP contribution in [0.5, 0.6) is 0 Å². The number of unbranched alkanes of at least 4 members (excludes halogenated alkanes) is 4. The zero-order chi connectivity index (χ0) is 12.4. The molecule has 0 saturated carbocycles. The minimum Gasteiger partial charge on any atom is -0.330 e. The van der Waals surface area contributed by atoms with Gasteiger partial charge in [-0.25, -0.2) is 0 Å². The fourth-order valence-corrected chi connectivity index (χ4v) is 1.83. The van der Waals surface area contributed by atoms with E-state index in [0.717, 1.165) is 13.1 Å². The molecule has 0 saturated heterocycles. The van der Waals surface area contributed by atoms with Crippen LogP contribution in [0.4, 0.5) is 0 Å². The van der Waals surface area contributed by atoms with Crippen LogP contribution in [0.15, 0.2) is 12.7 Å². The Morgan fingerprint density at radius 1 is 1.06 bits per heavy atom. The highest BCUT2D eigenvalue weighted by molar-refractivity contribution is 4.82. The Labute approximate surface area is 102 Å². The molecule has 0 aromatic carbocycles. The molecule has 0 spiro atoms. The van der Waals surface area contributed by atoms with E-state index in [0.29, 0.717) is 0 Å². The van der Waals surface area contributed by atoms with Crippen molar-refractivity contribution in [1.82, 2.24) is 4.90 Å². The molecule has 0 aliphatic carbocycles. The van der Waals surface area contributed by atoms with E-state index >= 15 is 0 Å². The van der Waals surface area contributed by atoms with Crippen molar-refractivity contribution in [1.29, 1.82) is 0 Å². The van der Waals surface area contributed by atoms with Crippen LogP contribution in [0.1, 0.15) is 52.9 Å². The van der Waals surface area contributed by atoms with Gasteiger partial charge in [0, 0.05) is 12.1 Å². The maximum absolute atomic E-state index is 5.47. The fraction of sp³-hybridized carbons (Fsp3) is 0.857. The van der Waals surface area contributed by atoms with Crippen LogP contribution in [-0.4, -0.2) is 30.1 Å². The highest BCUT2D eigenvalue weighted by atomic mass is 15.2. The van der Waals surface area contributed by atoms with Crippen LogP contribution < -0.4 is 5.73 Å². The van der Waals surface area contributed by atoms with Crippen molar-refractivity contribution in [3.05, 3.63) is 12.7 Å². The molecule has 0 aliphatic rings. The predicted octanol–water partition coefficient (Wildman–Crippen LogP) is 3.18. The van der Waals surface area contributed by atoms with Gasteiger partial charge in [-0.15, -0.1) is 6.58 Å². The maximum Gasteiger partial charge on any atom is 0.0165 e. The Hall–Kier alpha value is -0.340. The molecule has 0 radical (unpaired) electrons. The van der Waals surface area contributed by atoms with Crippen molar-refractivity contribution in [3.8, 4) is 0 Å². The van der Waals surface area contributed by atoms with Gasteiger partial charge in [0.25, 0.3) is 0 Å². The molecule has 0 aromatic rings. The molecule has 0 fully saturated rings. The van der Waals surface area contributed by atoms with E-state index in [1.54, 1.807) is 0 Å². The van der Waals surface area contributed by atoms with Gasteiger partial charge in [-0.2, -0.15) is 0 Å². The topological polar surface area (TPSA) is 29.3 Å². The Balaban J connectivity index is 3.65. The smallest absolute Gasteiger partial charge is 0.0165 e. The van der Waals surface area contributed by atoms with Crippen LogP contribution in [0, 0.1) is 0 Å². The zero-order valence-corrected chi connectivity index (χ0v) is 11.5. The fourth-order valence-electron chi connectivity index (χ4n) is 1.83. The molecular formula is C14H30N2. The van der Waals surface area contributed by atoms with Gasteiger partial charge in [-0.3, -0.25) is 4.90 Å². The third-order valence-electron chi connectivity index (χ3n) is 2.93. The number of rotatable bonds is 9. The van der Waals surface area contributed by atoms with Crippen LogP contribution >= 0.6 is 0 Å². The first-order chi connectivity index (χ1) is 7.52. The Bertz CT molecular complexity index is 170. The van der Waals surface area contributed by atoms with Gasteiger partial charge < -0.3 is 5.73 Å². The first kappa shape index (κ1) is 15.7. The lowest BCUT2D eigenvalue weighted by atomic mass is 10.0. The summed E-state index contributed by atoms with van der Waals surface area (Å²) in [6.45, 7) is 13.6. The van der Waals surface area contributed by atoms with Crippen LogP contribution in [0.3, 0.4) is 0 Å². The SMILES string of the molecule is C=CCN(CCCCCCCN)C(C)(C)C. The van der Waals surface area contributed by atoms with Crippen LogP contribution in [0.2, 0.25) is 0 Å². The van der Waals surface area contributed by atoms with E-state index in [1.165, 1.54) is 38.6 Å². The summed E-state index contributed by atoms with van der Waals surface area (Å²) in [5.41, 5.74) is 5.72. The second-order valence-corrected chi connectivity index (χ2v) is 5.46. The first-order valence-corrected chi connectivity index (χ1v) is 6.58. The minimum absolute atomic E-state index is 0.255. The van der Waals surface area contributed by atoms with Gasteiger partial charge in [0.2, 0.25) is 0 Å². The summed E-state index contributed by atoms with van der Waals surface area (Å²) in [7, 11) is 0. The molecule has 0 amide bonds. The summed E-state index contributed by atoms with van der Waals surface area (Å²) in [5.74, 6) is 0. The molecule has 2 N–H and O–H groups in total. The summed E-state index contributed by atoms with van der Waals surface area (Å²) >= 11 is 0. The molecule has 0 atom stereocenters. The number of nitrogens with zero attached hydrogens (tertiary/aromatic N) is 1. The molecule has 0 aliphatic heterocycles. The average molecular weight is 226 g/mol. The molecule has 2 nitrogen and oxygen atoms in total. The van der Waals surface area contributed by atoms with Crippen molar-refractivity contribution in [3.63, 3.8) is 0 Å². The minimum atomic E-state index is 0.255. The van der Waals surface area contributed by atoms with E-state index in [4.69, 9.17) is 5.73 Å². The van der Waals surface area contributed by atoms with Gasteiger partial charge in [0.1, 0.15) is 0 Å². The van der Waals surface area contributed by atoms with Gasteiger partial charge in [-0.05, 0) is 46.7 Å². The summed E-state index contributed by atoms with van der Waals surface area (Å²) in [6.07, 6.45) is 8.39. The summed E-state index contributed by atoms with van der Waals surface area (Å²) < 4.78 is 0. The molecular weight excluding hydrogens is 196 g/mol. The zero-order valence-electron chi connectivity index (χ0n) is 11.5. The van der Waals surface area contributed by atoms with Gasteiger partial charge in [0.15, 0.2) is 0 Å². The van der Waals surface area contributed by atoms with Crippen LogP contribution in [-0.2, 0) is 0 Å². The molecule has 0 aromatic heterocycles. The average Bonchev–Trinajstić information content (AvgIpc) is 2.20. The van der Waals surface area contributed by atoms with E-state index in [1.807, 2.05) is 6.08 Å². The van der Waals surface area contributed by atoms with Gasteiger partial charge in [0.05, 0.1) is 0 Å². The molecule has 0 bridgehead atoms. The molecule has 0 heterocycles. The second kappa shape index (κ2) is 8.77. The van der Waals surface area contributed by atoms with E-state index in [9.17, 15) is 0 Å². The van der Waals surface area contributed by atoms with E-state index < -0.39 is 0 Å². The van der Waals surface area contributed by atoms with E-state index in [-0.39, 0.29) is 5.54 Å². The normalized spacial score (nSPS) is 12.1. The van der Waals surface area contributed by atoms with Crippen molar-refractivity contribution in [2.75, 3.05) is 19.6 Å². The molecule has 16 heavy (non-hydrogen) atoms. The number of hydrogen-bond acceptors (Lipinski definition) is 2. The Morgan fingerprint density at radius 2 is 1.62 bits per heavy atom. The van der Waals surface area contributed by atoms with E-state index in [2.05, 4.69) is 32.3 Å². The lowest BCUT2D eigenvalue weighted by Gasteiger charge is -2.34. The Morgan fingerprint density at radius 3 is 2.12 bits per heavy atom. The Kier molecular flexibility index (Phi) is 8.58. The lowest BCUT2D eigenvalue weighted by Crippen LogP contribution is -2.41. The van der Waals surface area contributed by atoms with Crippen molar-refractivity contribution in [2.45, 2.75) is 58.4 Å². The van der Waals surface area contributed by atoms with Crippen molar-refractivity contribution < 1.29 is 0 Å². The molecule has 96 valence electrons. The van der Waals surface area contributed by atoms with Crippen molar-refractivity contribution >= 4 is 0 Å². The highest BCUT2D eigenvalue weighted by Gasteiger charge is 2.18. The number of hydrogen-bond donors (Lipinski definition) is 1. The quantitative estimate of drug-likeness (QED) is 0.483. The third kappa shape index (κ3) is 7.89. The number of nitrogens with two attached hydrogens (primary N) is 1. The van der Waals surface area contributed by atoms with Gasteiger partial charge in [-0.1, -0.05) is 25.3 Å². The first-order valence-electron chi connectivity index (χ1n) is 6.58. The molecule has 2 heteroatoms. The standard InChI is InChI=1S/C14H30N2/c1-5-12-16(14(2,3)4)13-10-8-6-7-9-11-15/h5H,1,6-13,15H2,2-4H3.